The van der Waals surface area contributed by atoms with Crippen LogP contribution < -0.4 is 0 Å². The zero-order valence-electron chi connectivity index (χ0n) is 12.0. The molecular weight excluding hydrogens is 278 g/mol. The zero-order chi connectivity index (χ0) is 14.9. The predicted molar refractivity (Wildman–Crippen MR) is 81.3 cm³/mol. The van der Waals surface area contributed by atoms with Gasteiger partial charge in [-0.2, -0.15) is 0 Å². The van der Waals surface area contributed by atoms with Gasteiger partial charge in [0.15, 0.2) is 0 Å². The highest BCUT2D eigenvalue weighted by atomic mass is 16.3. The minimum Gasteiger partial charge on any atom is -0.467 e. The van der Waals surface area contributed by atoms with Gasteiger partial charge in [0.1, 0.15) is 5.76 Å². The van der Waals surface area contributed by atoms with Gasteiger partial charge in [0.05, 0.1) is 23.3 Å². The van der Waals surface area contributed by atoms with Crippen LogP contribution in [0, 0.1) is 0 Å². The average Bonchev–Trinajstić information content (AvgIpc) is 3.24. The number of hydrogen-bond acceptors (Lipinski definition) is 4. The lowest BCUT2D eigenvalue weighted by molar-refractivity contribution is 0.0720. The largest absolute Gasteiger partial charge is 0.467 e. The quantitative estimate of drug-likeness (QED) is 0.728. The van der Waals surface area contributed by atoms with Crippen LogP contribution in [0.3, 0.4) is 0 Å². The summed E-state index contributed by atoms with van der Waals surface area (Å²) < 4.78 is 5.49. The molecule has 1 atom stereocenters. The van der Waals surface area contributed by atoms with E-state index in [0.717, 1.165) is 36.2 Å². The molecule has 1 aliphatic heterocycles. The lowest BCUT2D eigenvalue weighted by atomic mass is 10.1. The Labute approximate surface area is 127 Å². The summed E-state index contributed by atoms with van der Waals surface area (Å²) in [5, 5.41) is 0. The standard InChI is InChI=1S/C17H15N3O2/c21-17(12-5-6-13-14(11-12)19-8-7-18-13)20-9-1-3-15(20)16-4-2-10-22-16/h2,4-8,10-11,15H,1,3,9H2. The van der Waals surface area contributed by atoms with E-state index in [2.05, 4.69) is 9.97 Å². The first-order valence-electron chi connectivity index (χ1n) is 7.38. The molecule has 5 nitrogen and oxygen atoms in total. The van der Waals surface area contributed by atoms with E-state index >= 15 is 0 Å². The van der Waals surface area contributed by atoms with E-state index in [4.69, 9.17) is 4.42 Å². The zero-order valence-corrected chi connectivity index (χ0v) is 12.0. The Hall–Kier alpha value is -2.69. The predicted octanol–water partition coefficient (Wildman–Crippen LogP) is 3.20. The molecule has 1 saturated heterocycles. The third kappa shape index (κ3) is 2.15. The van der Waals surface area contributed by atoms with Gasteiger partial charge in [0.2, 0.25) is 0 Å². The number of likely N-dealkylation sites (tertiary alicyclic amines) is 1. The highest BCUT2D eigenvalue weighted by Crippen LogP contribution is 2.33. The summed E-state index contributed by atoms with van der Waals surface area (Å²) in [6.07, 6.45) is 6.87. The first kappa shape index (κ1) is 13.0. The first-order chi connectivity index (χ1) is 10.8. The molecular formula is C17H15N3O2. The summed E-state index contributed by atoms with van der Waals surface area (Å²) in [4.78, 5) is 23.2. The molecule has 1 unspecified atom stereocenters. The number of aromatic nitrogens is 2. The van der Waals surface area contributed by atoms with Crippen molar-refractivity contribution in [3.8, 4) is 0 Å². The summed E-state index contributed by atoms with van der Waals surface area (Å²) in [6.45, 7) is 0.753. The number of fused-ring (bicyclic) bond motifs is 1. The first-order valence-corrected chi connectivity index (χ1v) is 7.38. The fourth-order valence-electron chi connectivity index (χ4n) is 3.05. The maximum atomic E-state index is 12.8. The molecule has 5 heteroatoms. The van der Waals surface area contributed by atoms with Gasteiger partial charge in [-0.15, -0.1) is 0 Å². The van der Waals surface area contributed by atoms with Crippen LogP contribution in [0.15, 0.2) is 53.4 Å². The number of furan rings is 1. The summed E-state index contributed by atoms with van der Waals surface area (Å²) in [6, 6.07) is 9.29. The third-order valence-electron chi connectivity index (χ3n) is 4.10. The Kier molecular flexibility index (Phi) is 3.11. The Morgan fingerprint density at radius 2 is 2.05 bits per heavy atom. The Bertz CT molecular complexity index is 814. The second-order valence-electron chi connectivity index (χ2n) is 5.43. The number of amides is 1. The molecule has 0 bridgehead atoms. The highest BCUT2D eigenvalue weighted by Gasteiger charge is 2.32. The lowest BCUT2D eigenvalue weighted by Crippen LogP contribution is -2.30. The fraction of sp³-hybridized carbons (Fsp3) is 0.235. The maximum Gasteiger partial charge on any atom is 0.254 e. The molecule has 110 valence electrons. The average molecular weight is 293 g/mol. The van der Waals surface area contributed by atoms with Crippen molar-refractivity contribution >= 4 is 16.9 Å². The summed E-state index contributed by atoms with van der Waals surface area (Å²) in [5.74, 6) is 0.873. The van der Waals surface area contributed by atoms with E-state index in [-0.39, 0.29) is 11.9 Å². The number of carbonyl (C=O) groups excluding carboxylic acids is 1. The molecule has 3 aromatic rings. The molecule has 0 aliphatic carbocycles. The van der Waals surface area contributed by atoms with Crippen molar-refractivity contribution in [3.63, 3.8) is 0 Å². The van der Waals surface area contributed by atoms with E-state index in [1.54, 1.807) is 18.7 Å². The van der Waals surface area contributed by atoms with Gasteiger partial charge in [-0.1, -0.05) is 0 Å². The van der Waals surface area contributed by atoms with Gasteiger partial charge in [-0.25, -0.2) is 0 Å². The van der Waals surface area contributed by atoms with Gasteiger partial charge in [-0.3, -0.25) is 14.8 Å². The van der Waals surface area contributed by atoms with Crippen molar-refractivity contribution in [2.24, 2.45) is 0 Å². The Morgan fingerprint density at radius 3 is 2.86 bits per heavy atom. The van der Waals surface area contributed by atoms with Gasteiger partial charge in [0.25, 0.3) is 5.91 Å². The molecule has 3 heterocycles. The molecule has 1 fully saturated rings. The van der Waals surface area contributed by atoms with Crippen molar-refractivity contribution in [2.45, 2.75) is 18.9 Å². The van der Waals surface area contributed by atoms with Crippen LogP contribution in [0.5, 0.6) is 0 Å². The monoisotopic (exact) mass is 293 g/mol. The summed E-state index contributed by atoms with van der Waals surface area (Å²) in [7, 11) is 0. The van der Waals surface area contributed by atoms with Gasteiger partial charge >= 0.3 is 0 Å². The number of nitrogens with zero attached hydrogens (tertiary/aromatic N) is 3. The molecule has 0 spiro atoms. The normalized spacial score (nSPS) is 18.0. The molecule has 1 amide bonds. The Balaban J connectivity index is 1.67. The maximum absolute atomic E-state index is 12.8. The van der Waals surface area contributed by atoms with E-state index < -0.39 is 0 Å². The fourth-order valence-corrected chi connectivity index (χ4v) is 3.05. The van der Waals surface area contributed by atoms with Crippen LogP contribution in [0.25, 0.3) is 11.0 Å². The van der Waals surface area contributed by atoms with Crippen molar-refractivity contribution in [1.82, 2.24) is 14.9 Å². The summed E-state index contributed by atoms with van der Waals surface area (Å²) >= 11 is 0. The number of hydrogen-bond donors (Lipinski definition) is 0. The smallest absolute Gasteiger partial charge is 0.254 e. The van der Waals surface area contributed by atoms with Crippen LogP contribution in [-0.2, 0) is 0 Å². The van der Waals surface area contributed by atoms with E-state index in [1.165, 1.54) is 0 Å². The molecule has 0 radical (unpaired) electrons. The van der Waals surface area contributed by atoms with Crippen LogP contribution in [0.1, 0.15) is 35.0 Å². The minimum atomic E-state index is 0.0199. The number of benzene rings is 1. The Morgan fingerprint density at radius 1 is 1.18 bits per heavy atom. The van der Waals surface area contributed by atoms with Gasteiger partial charge < -0.3 is 9.32 Å². The SMILES string of the molecule is O=C(c1ccc2nccnc2c1)N1CCCC1c1ccco1. The second kappa shape index (κ2) is 5.26. The number of rotatable bonds is 2. The van der Waals surface area contributed by atoms with Gasteiger partial charge in [0, 0.05) is 24.5 Å². The molecule has 1 aromatic carbocycles. The molecule has 2 aromatic heterocycles. The second-order valence-corrected chi connectivity index (χ2v) is 5.43. The lowest BCUT2D eigenvalue weighted by Gasteiger charge is -2.23. The topological polar surface area (TPSA) is 59.2 Å². The summed E-state index contributed by atoms with van der Waals surface area (Å²) in [5.41, 5.74) is 2.18. The van der Waals surface area contributed by atoms with E-state index in [1.807, 2.05) is 35.2 Å². The van der Waals surface area contributed by atoms with Crippen LogP contribution in [0.4, 0.5) is 0 Å². The molecule has 0 N–H and O–H groups in total. The van der Waals surface area contributed by atoms with Crippen molar-refractivity contribution < 1.29 is 9.21 Å². The van der Waals surface area contributed by atoms with Gasteiger partial charge in [-0.05, 0) is 43.2 Å². The van der Waals surface area contributed by atoms with Crippen molar-refractivity contribution in [3.05, 3.63) is 60.3 Å². The molecule has 4 rings (SSSR count). The third-order valence-corrected chi connectivity index (χ3v) is 4.10. The van der Waals surface area contributed by atoms with Crippen molar-refractivity contribution in [1.29, 1.82) is 0 Å². The molecule has 22 heavy (non-hydrogen) atoms. The van der Waals surface area contributed by atoms with Crippen LogP contribution in [0.2, 0.25) is 0 Å². The highest BCUT2D eigenvalue weighted by molar-refractivity contribution is 5.97. The van der Waals surface area contributed by atoms with E-state index in [0.29, 0.717) is 5.56 Å². The molecule has 0 saturated carbocycles. The van der Waals surface area contributed by atoms with Crippen LogP contribution in [-0.4, -0.2) is 27.3 Å². The number of carbonyl (C=O) groups is 1. The minimum absolute atomic E-state index is 0.0199. The van der Waals surface area contributed by atoms with Crippen molar-refractivity contribution in [2.75, 3.05) is 6.54 Å². The molecule has 1 aliphatic rings. The van der Waals surface area contributed by atoms with E-state index in [9.17, 15) is 4.79 Å². The van der Waals surface area contributed by atoms with Crippen LogP contribution >= 0.6 is 0 Å².